The average Bonchev–Trinajstić information content (AvgIpc) is 2.90. The van der Waals surface area contributed by atoms with Crippen LogP contribution in [0.5, 0.6) is 0 Å². The molecule has 0 aliphatic heterocycles. The summed E-state index contributed by atoms with van der Waals surface area (Å²) in [6.07, 6.45) is -4.60. The molecule has 0 N–H and O–H groups in total. The van der Waals surface area contributed by atoms with Crippen LogP contribution < -0.4 is 0 Å². The van der Waals surface area contributed by atoms with E-state index in [0.717, 1.165) is 19.2 Å². The van der Waals surface area contributed by atoms with Crippen molar-refractivity contribution >= 4 is 5.97 Å². The molecular weight excluding hydrogens is 329 g/mol. The third-order valence-corrected chi connectivity index (χ3v) is 3.21. The molecule has 0 aliphatic carbocycles. The molecule has 0 saturated carbocycles. The standard InChI is InChI=1S/C13H15F3N6O2/c1-21(7-11-18-19-20-22(11)2)6-9-8(12(23)24-3)4-5-10(17-9)13(14,15)16/h4-5H,6-7H2,1-3H3. The van der Waals surface area contributed by atoms with Gasteiger partial charge in [0.05, 0.1) is 24.9 Å². The van der Waals surface area contributed by atoms with Crippen LogP contribution in [-0.2, 0) is 31.1 Å². The summed E-state index contributed by atoms with van der Waals surface area (Å²) in [5, 5.41) is 11.0. The van der Waals surface area contributed by atoms with Gasteiger partial charge in [-0.2, -0.15) is 13.2 Å². The van der Waals surface area contributed by atoms with Crippen molar-refractivity contribution in [1.82, 2.24) is 30.1 Å². The maximum absolute atomic E-state index is 12.9. The van der Waals surface area contributed by atoms with Crippen LogP contribution in [-0.4, -0.2) is 50.2 Å². The third kappa shape index (κ3) is 4.04. The number of carbonyl (C=O) groups is 1. The van der Waals surface area contributed by atoms with Crippen molar-refractivity contribution in [2.24, 2.45) is 7.05 Å². The van der Waals surface area contributed by atoms with Gasteiger partial charge in [-0.15, -0.1) is 5.10 Å². The Labute approximate surface area is 135 Å². The summed E-state index contributed by atoms with van der Waals surface area (Å²) in [6.45, 7) is 0.253. The zero-order valence-corrected chi connectivity index (χ0v) is 13.2. The first kappa shape index (κ1) is 17.8. The fourth-order valence-electron chi connectivity index (χ4n) is 2.01. The van der Waals surface area contributed by atoms with Crippen molar-refractivity contribution in [3.63, 3.8) is 0 Å². The van der Waals surface area contributed by atoms with Crippen molar-refractivity contribution in [2.45, 2.75) is 19.3 Å². The second-order valence-electron chi connectivity index (χ2n) is 5.07. The highest BCUT2D eigenvalue weighted by Crippen LogP contribution is 2.28. The van der Waals surface area contributed by atoms with E-state index >= 15 is 0 Å². The Bertz CT molecular complexity index is 731. The van der Waals surface area contributed by atoms with Crippen molar-refractivity contribution in [3.8, 4) is 0 Å². The number of aryl methyl sites for hydroxylation is 1. The number of halogens is 3. The first-order valence-electron chi connectivity index (χ1n) is 6.77. The van der Waals surface area contributed by atoms with Crippen LogP contribution in [0.2, 0.25) is 0 Å². The number of alkyl halides is 3. The Balaban J connectivity index is 2.28. The highest BCUT2D eigenvalue weighted by atomic mass is 19.4. The molecule has 11 heteroatoms. The molecule has 24 heavy (non-hydrogen) atoms. The van der Waals surface area contributed by atoms with Gasteiger partial charge in [-0.25, -0.2) is 14.5 Å². The van der Waals surface area contributed by atoms with E-state index in [9.17, 15) is 18.0 Å². The molecule has 0 amide bonds. The highest BCUT2D eigenvalue weighted by Gasteiger charge is 2.33. The molecule has 0 aliphatic rings. The summed E-state index contributed by atoms with van der Waals surface area (Å²) in [4.78, 5) is 17.0. The molecule has 0 saturated heterocycles. The molecule has 0 fully saturated rings. The Kier molecular flexibility index (Phi) is 5.12. The molecule has 2 aromatic rings. The van der Waals surface area contributed by atoms with Crippen LogP contribution in [0.4, 0.5) is 13.2 Å². The van der Waals surface area contributed by atoms with Gasteiger partial charge >= 0.3 is 12.1 Å². The fraction of sp³-hybridized carbons (Fsp3) is 0.462. The Morgan fingerprint density at radius 3 is 2.58 bits per heavy atom. The predicted molar refractivity (Wildman–Crippen MR) is 74.5 cm³/mol. The SMILES string of the molecule is COC(=O)c1ccc(C(F)(F)F)nc1CN(C)Cc1nnnn1C. The molecule has 0 atom stereocenters. The van der Waals surface area contributed by atoms with Crippen LogP contribution in [0, 0.1) is 0 Å². The average molecular weight is 344 g/mol. The number of hydrogen-bond donors (Lipinski definition) is 0. The van der Waals surface area contributed by atoms with Crippen LogP contribution in [0.15, 0.2) is 12.1 Å². The molecule has 0 radical (unpaired) electrons. The largest absolute Gasteiger partial charge is 0.465 e. The smallest absolute Gasteiger partial charge is 0.433 e. The van der Waals surface area contributed by atoms with Gasteiger partial charge in [-0.05, 0) is 29.6 Å². The van der Waals surface area contributed by atoms with Gasteiger partial charge in [0.15, 0.2) is 5.82 Å². The molecule has 0 unspecified atom stereocenters. The van der Waals surface area contributed by atoms with E-state index < -0.39 is 17.8 Å². The number of methoxy groups -OCH3 is 1. The number of nitrogens with zero attached hydrogens (tertiary/aromatic N) is 6. The minimum absolute atomic E-state index is 0.0127. The summed E-state index contributed by atoms with van der Waals surface area (Å²) in [5.74, 6) is -0.232. The molecule has 0 aromatic carbocycles. The maximum atomic E-state index is 12.9. The minimum Gasteiger partial charge on any atom is -0.465 e. The number of tetrazole rings is 1. The number of hydrogen-bond acceptors (Lipinski definition) is 7. The lowest BCUT2D eigenvalue weighted by atomic mass is 10.1. The summed E-state index contributed by atoms with van der Waals surface area (Å²) in [5.41, 5.74) is -1.12. The molecule has 2 aromatic heterocycles. The number of ether oxygens (including phenoxy) is 1. The lowest BCUT2D eigenvalue weighted by Crippen LogP contribution is -2.23. The first-order valence-corrected chi connectivity index (χ1v) is 6.77. The molecular formula is C13H15F3N6O2. The summed E-state index contributed by atoms with van der Waals surface area (Å²) < 4.78 is 44.6. The van der Waals surface area contributed by atoms with Crippen LogP contribution >= 0.6 is 0 Å². The number of rotatable bonds is 5. The second kappa shape index (κ2) is 6.91. The number of aromatic nitrogens is 5. The van der Waals surface area contributed by atoms with Crippen molar-refractivity contribution in [3.05, 3.63) is 34.9 Å². The molecule has 8 nitrogen and oxygen atoms in total. The van der Waals surface area contributed by atoms with E-state index in [1.54, 1.807) is 19.0 Å². The van der Waals surface area contributed by atoms with Gasteiger partial charge in [0, 0.05) is 13.6 Å². The Hall–Kier alpha value is -2.56. The summed E-state index contributed by atoms with van der Waals surface area (Å²) in [7, 11) is 4.45. The van der Waals surface area contributed by atoms with Gasteiger partial charge < -0.3 is 4.74 Å². The van der Waals surface area contributed by atoms with E-state index in [-0.39, 0.29) is 24.3 Å². The van der Waals surface area contributed by atoms with E-state index in [1.165, 1.54) is 4.68 Å². The van der Waals surface area contributed by atoms with Gasteiger partial charge in [-0.3, -0.25) is 4.90 Å². The number of esters is 1. The first-order chi connectivity index (χ1) is 11.2. The van der Waals surface area contributed by atoms with E-state index in [4.69, 9.17) is 0 Å². The molecule has 2 heterocycles. The van der Waals surface area contributed by atoms with Gasteiger partial charge in [0.25, 0.3) is 0 Å². The lowest BCUT2D eigenvalue weighted by molar-refractivity contribution is -0.141. The van der Waals surface area contributed by atoms with E-state index in [1.807, 2.05) is 0 Å². The summed E-state index contributed by atoms with van der Waals surface area (Å²) >= 11 is 0. The van der Waals surface area contributed by atoms with Crippen LogP contribution in [0.3, 0.4) is 0 Å². The third-order valence-electron chi connectivity index (χ3n) is 3.21. The quantitative estimate of drug-likeness (QED) is 0.749. The summed E-state index contributed by atoms with van der Waals surface area (Å²) in [6, 6.07) is 1.82. The van der Waals surface area contributed by atoms with Gasteiger partial charge in [0.2, 0.25) is 0 Å². The minimum atomic E-state index is -4.60. The lowest BCUT2D eigenvalue weighted by Gasteiger charge is -2.18. The highest BCUT2D eigenvalue weighted by molar-refractivity contribution is 5.90. The van der Waals surface area contributed by atoms with E-state index in [2.05, 4.69) is 25.2 Å². The Morgan fingerprint density at radius 2 is 2.04 bits per heavy atom. The normalized spacial score (nSPS) is 11.8. The zero-order chi connectivity index (χ0) is 17.9. The Morgan fingerprint density at radius 1 is 1.33 bits per heavy atom. The van der Waals surface area contributed by atoms with Gasteiger partial charge in [0.1, 0.15) is 5.69 Å². The second-order valence-corrected chi connectivity index (χ2v) is 5.07. The van der Waals surface area contributed by atoms with E-state index in [0.29, 0.717) is 5.82 Å². The van der Waals surface area contributed by atoms with Crippen molar-refractivity contribution < 1.29 is 22.7 Å². The van der Waals surface area contributed by atoms with Crippen molar-refractivity contribution in [1.29, 1.82) is 0 Å². The topological polar surface area (TPSA) is 86.0 Å². The monoisotopic (exact) mass is 344 g/mol. The van der Waals surface area contributed by atoms with Gasteiger partial charge in [-0.1, -0.05) is 0 Å². The zero-order valence-electron chi connectivity index (χ0n) is 13.2. The maximum Gasteiger partial charge on any atom is 0.433 e. The predicted octanol–water partition coefficient (Wildman–Crippen LogP) is 1.04. The van der Waals surface area contributed by atoms with Crippen LogP contribution in [0.25, 0.3) is 0 Å². The molecule has 130 valence electrons. The molecule has 2 rings (SSSR count). The fourth-order valence-corrected chi connectivity index (χ4v) is 2.01. The van der Waals surface area contributed by atoms with Crippen molar-refractivity contribution in [2.75, 3.05) is 14.2 Å². The van der Waals surface area contributed by atoms with Crippen LogP contribution in [0.1, 0.15) is 27.6 Å². The number of pyridine rings is 1. The molecule has 0 spiro atoms. The molecule has 0 bridgehead atoms. The number of carbonyl (C=O) groups excluding carboxylic acids is 1.